The summed E-state index contributed by atoms with van der Waals surface area (Å²) in [5, 5.41) is 3.46. The summed E-state index contributed by atoms with van der Waals surface area (Å²) in [6.45, 7) is 0.986. The highest BCUT2D eigenvalue weighted by molar-refractivity contribution is 5.76. The van der Waals surface area contributed by atoms with Crippen molar-refractivity contribution in [3.8, 4) is 0 Å². The molecule has 1 aliphatic carbocycles. The maximum absolute atomic E-state index is 12.8. The number of H-pyrrole nitrogens is 1. The largest absolute Gasteiger partial charge is 0.416 e. The van der Waals surface area contributed by atoms with Crippen LogP contribution in [0.15, 0.2) is 18.2 Å². The SMILES string of the molecule is FC(F)(F)c1ccc2nc(C3NCC4CCCC43)[nH]c2c1. The Bertz CT molecular complexity index is 676. The summed E-state index contributed by atoms with van der Waals surface area (Å²) < 4.78 is 38.3. The molecule has 0 radical (unpaired) electrons. The van der Waals surface area contributed by atoms with Crippen molar-refractivity contribution < 1.29 is 13.2 Å². The minimum Gasteiger partial charge on any atom is -0.341 e. The highest BCUT2D eigenvalue weighted by atomic mass is 19.4. The summed E-state index contributed by atoms with van der Waals surface area (Å²) in [6.07, 6.45) is -0.659. The lowest BCUT2D eigenvalue weighted by Gasteiger charge is -2.15. The molecule has 1 aromatic heterocycles. The van der Waals surface area contributed by atoms with Crippen LogP contribution in [0.4, 0.5) is 13.2 Å². The average molecular weight is 295 g/mol. The normalized spacial score (nSPS) is 29.2. The van der Waals surface area contributed by atoms with Crippen LogP contribution in [0.25, 0.3) is 11.0 Å². The molecule has 2 aromatic rings. The zero-order valence-corrected chi connectivity index (χ0v) is 11.4. The molecule has 2 fully saturated rings. The van der Waals surface area contributed by atoms with E-state index in [1.165, 1.54) is 25.3 Å². The molecule has 0 amide bonds. The first-order chi connectivity index (χ1) is 10.0. The number of hydrogen-bond acceptors (Lipinski definition) is 2. The van der Waals surface area contributed by atoms with Crippen LogP contribution in [0.2, 0.25) is 0 Å². The highest BCUT2D eigenvalue weighted by Crippen LogP contribution is 2.44. The molecule has 112 valence electrons. The molecule has 3 nitrogen and oxygen atoms in total. The molecule has 2 N–H and O–H groups in total. The standard InChI is InChI=1S/C15H16F3N3/c16-15(17,18)9-4-5-11-12(6-9)21-14(20-11)13-10-3-1-2-8(10)7-19-13/h4-6,8,10,13,19H,1-3,7H2,(H,20,21). The molecule has 3 atom stereocenters. The quantitative estimate of drug-likeness (QED) is 0.843. The zero-order valence-electron chi connectivity index (χ0n) is 11.4. The maximum atomic E-state index is 12.8. The molecular formula is C15H16F3N3. The van der Waals surface area contributed by atoms with E-state index in [0.29, 0.717) is 22.9 Å². The van der Waals surface area contributed by atoms with Gasteiger partial charge < -0.3 is 10.3 Å². The van der Waals surface area contributed by atoms with Gasteiger partial charge >= 0.3 is 6.18 Å². The number of aromatic nitrogens is 2. The van der Waals surface area contributed by atoms with Crippen LogP contribution < -0.4 is 5.32 Å². The summed E-state index contributed by atoms with van der Waals surface area (Å²) in [7, 11) is 0. The second kappa shape index (κ2) is 4.47. The van der Waals surface area contributed by atoms with Gasteiger partial charge in [0.15, 0.2) is 0 Å². The van der Waals surface area contributed by atoms with Gasteiger partial charge in [-0.1, -0.05) is 6.42 Å². The molecule has 1 saturated carbocycles. The number of fused-ring (bicyclic) bond motifs is 2. The van der Waals surface area contributed by atoms with Gasteiger partial charge in [0.2, 0.25) is 0 Å². The Morgan fingerprint density at radius 2 is 2.05 bits per heavy atom. The molecule has 21 heavy (non-hydrogen) atoms. The summed E-state index contributed by atoms with van der Waals surface area (Å²) >= 11 is 0. The number of nitrogens with zero attached hydrogens (tertiary/aromatic N) is 1. The number of aromatic amines is 1. The van der Waals surface area contributed by atoms with Crippen LogP contribution >= 0.6 is 0 Å². The van der Waals surface area contributed by atoms with Gasteiger partial charge in [-0.2, -0.15) is 13.2 Å². The molecule has 6 heteroatoms. The van der Waals surface area contributed by atoms with E-state index in [4.69, 9.17) is 0 Å². The summed E-state index contributed by atoms with van der Waals surface area (Å²) in [4.78, 5) is 7.58. The molecule has 1 aliphatic heterocycles. The van der Waals surface area contributed by atoms with Crippen molar-refractivity contribution in [2.45, 2.75) is 31.5 Å². The third kappa shape index (κ3) is 2.12. The lowest BCUT2D eigenvalue weighted by atomic mass is 9.94. The van der Waals surface area contributed by atoms with Gasteiger partial charge in [-0.25, -0.2) is 4.98 Å². The van der Waals surface area contributed by atoms with E-state index in [1.54, 1.807) is 0 Å². The van der Waals surface area contributed by atoms with E-state index >= 15 is 0 Å². The fourth-order valence-corrected chi connectivity index (χ4v) is 3.84. The van der Waals surface area contributed by atoms with Crippen molar-refractivity contribution in [2.75, 3.05) is 6.54 Å². The van der Waals surface area contributed by atoms with E-state index in [0.717, 1.165) is 24.5 Å². The first-order valence-corrected chi connectivity index (χ1v) is 7.32. The number of benzene rings is 1. The minimum atomic E-state index is -4.32. The zero-order chi connectivity index (χ0) is 14.6. The maximum Gasteiger partial charge on any atom is 0.416 e. The van der Waals surface area contributed by atoms with Crippen molar-refractivity contribution in [3.05, 3.63) is 29.6 Å². The minimum absolute atomic E-state index is 0.152. The topological polar surface area (TPSA) is 40.7 Å². The third-order valence-electron chi connectivity index (χ3n) is 4.87. The van der Waals surface area contributed by atoms with Gasteiger partial charge in [-0.15, -0.1) is 0 Å². The Labute approximate surface area is 119 Å². The van der Waals surface area contributed by atoms with Gasteiger partial charge in [-0.3, -0.25) is 0 Å². The summed E-state index contributed by atoms with van der Waals surface area (Å²) in [6, 6.07) is 3.83. The van der Waals surface area contributed by atoms with Crippen molar-refractivity contribution in [1.29, 1.82) is 0 Å². The second-order valence-electron chi connectivity index (χ2n) is 6.09. The van der Waals surface area contributed by atoms with Crippen LogP contribution in [0.3, 0.4) is 0 Å². The van der Waals surface area contributed by atoms with Crippen molar-refractivity contribution >= 4 is 11.0 Å². The van der Waals surface area contributed by atoms with Crippen molar-refractivity contribution in [2.24, 2.45) is 11.8 Å². The predicted octanol–water partition coefficient (Wildman–Crippen LogP) is 3.64. The van der Waals surface area contributed by atoms with Crippen LogP contribution in [-0.2, 0) is 6.18 Å². The number of imidazole rings is 1. The number of halogens is 3. The molecule has 3 unspecified atom stereocenters. The Balaban J connectivity index is 1.71. The van der Waals surface area contributed by atoms with Crippen LogP contribution in [-0.4, -0.2) is 16.5 Å². The molecule has 0 bridgehead atoms. The number of alkyl halides is 3. The van der Waals surface area contributed by atoms with E-state index in [9.17, 15) is 13.2 Å². The van der Waals surface area contributed by atoms with Crippen LogP contribution in [0.5, 0.6) is 0 Å². The molecule has 0 spiro atoms. The summed E-state index contributed by atoms with van der Waals surface area (Å²) in [5.41, 5.74) is 0.424. The molecule has 1 saturated heterocycles. The first-order valence-electron chi connectivity index (χ1n) is 7.32. The van der Waals surface area contributed by atoms with E-state index in [1.807, 2.05) is 0 Å². The van der Waals surface area contributed by atoms with Crippen LogP contribution in [0.1, 0.15) is 36.7 Å². The number of rotatable bonds is 1. The number of nitrogens with one attached hydrogen (secondary N) is 2. The Hall–Kier alpha value is -1.56. The average Bonchev–Trinajstić information content (AvgIpc) is 3.10. The molecule has 2 aliphatic rings. The van der Waals surface area contributed by atoms with Crippen molar-refractivity contribution in [1.82, 2.24) is 15.3 Å². The summed E-state index contributed by atoms with van der Waals surface area (Å²) in [5.74, 6) is 2.03. The monoisotopic (exact) mass is 295 g/mol. The molecule has 1 aromatic carbocycles. The second-order valence-corrected chi connectivity index (χ2v) is 6.09. The number of hydrogen-bond donors (Lipinski definition) is 2. The third-order valence-corrected chi connectivity index (χ3v) is 4.87. The predicted molar refractivity (Wildman–Crippen MR) is 72.7 cm³/mol. The van der Waals surface area contributed by atoms with Gasteiger partial charge in [0.25, 0.3) is 0 Å². The first kappa shape index (κ1) is 13.1. The van der Waals surface area contributed by atoms with E-state index in [2.05, 4.69) is 15.3 Å². The van der Waals surface area contributed by atoms with Gasteiger partial charge in [-0.05, 0) is 49.4 Å². The highest BCUT2D eigenvalue weighted by Gasteiger charge is 2.41. The molecular weight excluding hydrogens is 279 g/mol. The smallest absolute Gasteiger partial charge is 0.341 e. The van der Waals surface area contributed by atoms with Gasteiger partial charge in [0.1, 0.15) is 5.82 Å². The van der Waals surface area contributed by atoms with Gasteiger partial charge in [0, 0.05) is 0 Å². The molecule has 4 rings (SSSR count). The lowest BCUT2D eigenvalue weighted by molar-refractivity contribution is -0.137. The fraction of sp³-hybridized carbons (Fsp3) is 0.533. The van der Waals surface area contributed by atoms with Crippen molar-refractivity contribution in [3.63, 3.8) is 0 Å². The Kier molecular flexibility index (Phi) is 2.79. The molecule has 2 heterocycles. The Morgan fingerprint density at radius 1 is 1.19 bits per heavy atom. The van der Waals surface area contributed by atoms with Crippen LogP contribution in [0, 0.1) is 11.8 Å². The fourth-order valence-electron chi connectivity index (χ4n) is 3.84. The van der Waals surface area contributed by atoms with Gasteiger partial charge in [0.05, 0.1) is 22.6 Å². The van der Waals surface area contributed by atoms with E-state index < -0.39 is 11.7 Å². The van der Waals surface area contributed by atoms with E-state index in [-0.39, 0.29) is 6.04 Å². The lowest BCUT2D eigenvalue weighted by Crippen LogP contribution is -2.19. The Morgan fingerprint density at radius 3 is 2.86 bits per heavy atom.